The Kier molecular flexibility index (Phi) is 5.49. The molecular weight excluding hydrogens is 216 g/mol. The van der Waals surface area contributed by atoms with Gasteiger partial charge in [0.2, 0.25) is 0 Å². The fourth-order valence-corrected chi connectivity index (χ4v) is 1.43. The molecule has 4 heteroatoms. The summed E-state index contributed by atoms with van der Waals surface area (Å²) in [7, 11) is 0. The maximum atomic E-state index is 11.9. The Morgan fingerprint density at radius 2 is 2.12 bits per heavy atom. The van der Waals surface area contributed by atoms with Crippen LogP contribution in [0.3, 0.4) is 0 Å². The molecule has 1 aromatic rings. The maximum Gasteiger partial charge on any atom is 0.253 e. The lowest BCUT2D eigenvalue weighted by atomic mass is 10.1. The van der Waals surface area contributed by atoms with Crippen molar-refractivity contribution in [3.8, 4) is 0 Å². The van der Waals surface area contributed by atoms with E-state index >= 15 is 0 Å². The molecule has 0 aliphatic carbocycles. The number of hydrogen-bond donors (Lipinski definition) is 3. The molecule has 0 spiro atoms. The van der Waals surface area contributed by atoms with Crippen LogP contribution in [0.5, 0.6) is 0 Å². The molecule has 0 saturated carbocycles. The highest BCUT2D eigenvalue weighted by Gasteiger charge is 2.10. The second-order valence-corrected chi connectivity index (χ2v) is 4.03. The fourth-order valence-electron chi connectivity index (χ4n) is 1.43. The lowest BCUT2D eigenvalue weighted by molar-refractivity contribution is 0.0925. The average Bonchev–Trinajstić information content (AvgIpc) is 2.33. The number of benzene rings is 1. The van der Waals surface area contributed by atoms with Gasteiger partial charge in [0.1, 0.15) is 0 Å². The highest BCUT2D eigenvalue weighted by atomic mass is 16.3. The van der Waals surface area contributed by atoms with Crippen molar-refractivity contribution in [2.75, 3.05) is 18.4 Å². The maximum absolute atomic E-state index is 11.9. The van der Waals surface area contributed by atoms with Crippen molar-refractivity contribution in [1.29, 1.82) is 0 Å². The zero-order chi connectivity index (χ0) is 12.7. The lowest BCUT2D eigenvalue weighted by Crippen LogP contribution is -2.31. The number of carbonyl (C=O) groups excluding carboxylic acids is 1. The molecule has 3 N–H and O–H groups in total. The number of aliphatic hydroxyl groups is 1. The summed E-state index contributed by atoms with van der Waals surface area (Å²) < 4.78 is 0. The molecule has 1 aromatic carbocycles. The summed E-state index contributed by atoms with van der Waals surface area (Å²) in [5.74, 6) is -0.162. The van der Waals surface area contributed by atoms with Gasteiger partial charge in [-0.1, -0.05) is 19.1 Å². The van der Waals surface area contributed by atoms with E-state index in [2.05, 4.69) is 17.6 Å². The van der Waals surface area contributed by atoms with Crippen LogP contribution in [-0.4, -0.2) is 30.2 Å². The van der Waals surface area contributed by atoms with Gasteiger partial charge in [0.15, 0.2) is 0 Å². The number of para-hydroxylation sites is 1. The van der Waals surface area contributed by atoms with E-state index in [-0.39, 0.29) is 12.5 Å². The van der Waals surface area contributed by atoms with E-state index in [9.17, 15) is 4.79 Å². The standard InChI is InChI=1S/C13H20N2O2/c1-3-8-14-12-7-5-4-6-11(12)13(17)15-9-10(2)16/h4-7,10,14,16H,3,8-9H2,1-2H3,(H,15,17)/t10-/m1/s1. The number of nitrogens with one attached hydrogen (secondary N) is 2. The minimum Gasteiger partial charge on any atom is -0.392 e. The highest BCUT2D eigenvalue weighted by molar-refractivity contribution is 5.99. The van der Waals surface area contributed by atoms with Gasteiger partial charge in [-0.25, -0.2) is 0 Å². The van der Waals surface area contributed by atoms with Crippen molar-refractivity contribution in [1.82, 2.24) is 5.32 Å². The summed E-state index contributed by atoms with van der Waals surface area (Å²) in [6, 6.07) is 7.38. The Hall–Kier alpha value is -1.55. The first-order valence-electron chi connectivity index (χ1n) is 5.94. The van der Waals surface area contributed by atoms with Crippen LogP contribution in [0.1, 0.15) is 30.6 Å². The van der Waals surface area contributed by atoms with E-state index in [1.54, 1.807) is 13.0 Å². The second kappa shape index (κ2) is 6.91. The molecule has 0 saturated heterocycles. The average molecular weight is 236 g/mol. The predicted molar refractivity (Wildman–Crippen MR) is 69.2 cm³/mol. The molecule has 1 amide bonds. The van der Waals surface area contributed by atoms with Gasteiger partial charge in [-0.05, 0) is 25.5 Å². The van der Waals surface area contributed by atoms with Gasteiger partial charge in [0, 0.05) is 18.8 Å². The number of aliphatic hydroxyl groups excluding tert-OH is 1. The number of amides is 1. The first-order valence-corrected chi connectivity index (χ1v) is 5.94. The molecule has 0 bridgehead atoms. The topological polar surface area (TPSA) is 61.4 Å². The summed E-state index contributed by atoms with van der Waals surface area (Å²) >= 11 is 0. The van der Waals surface area contributed by atoms with Gasteiger partial charge >= 0.3 is 0 Å². The molecule has 0 aliphatic heterocycles. The molecule has 0 aromatic heterocycles. The van der Waals surface area contributed by atoms with E-state index < -0.39 is 6.10 Å². The first kappa shape index (κ1) is 13.5. The Morgan fingerprint density at radius 3 is 2.76 bits per heavy atom. The molecule has 1 rings (SSSR count). The third-order valence-electron chi connectivity index (χ3n) is 2.30. The quantitative estimate of drug-likeness (QED) is 0.703. The molecule has 17 heavy (non-hydrogen) atoms. The zero-order valence-electron chi connectivity index (χ0n) is 10.4. The predicted octanol–water partition coefficient (Wildman–Crippen LogP) is 1.62. The molecule has 1 atom stereocenters. The Bertz CT molecular complexity index is 364. The van der Waals surface area contributed by atoms with Crippen LogP contribution >= 0.6 is 0 Å². The molecule has 4 nitrogen and oxygen atoms in total. The number of hydrogen-bond acceptors (Lipinski definition) is 3. The Morgan fingerprint density at radius 1 is 1.41 bits per heavy atom. The second-order valence-electron chi connectivity index (χ2n) is 4.03. The van der Waals surface area contributed by atoms with Crippen molar-refractivity contribution in [2.45, 2.75) is 26.4 Å². The van der Waals surface area contributed by atoms with E-state index in [1.165, 1.54) is 0 Å². The minimum absolute atomic E-state index is 0.162. The summed E-state index contributed by atoms with van der Waals surface area (Å²) in [5, 5.41) is 15.0. The third kappa shape index (κ3) is 4.44. The molecule has 0 radical (unpaired) electrons. The van der Waals surface area contributed by atoms with E-state index in [0.717, 1.165) is 18.7 Å². The first-order chi connectivity index (χ1) is 8.15. The molecule has 94 valence electrons. The van der Waals surface area contributed by atoms with Crippen LogP contribution in [0.15, 0.2) is 24.3 Å². The van der Waals surface area contributed by atoms with Gasteiger partial charge in [-0.15, -0.1) is 0 Å². The summed E-state index contributed by atoms with van der Waals surface area (Å²) in [4.78, 5) is 11.9. The minimum atomic E-state index is -0.533. The fraction of sp³-hybridized carbons (Fsp3) is 0.462. The van der Waals surface area contributed by atoms with E-state index in [0.29, 0.717) is 5.56 Å². The Balaban J connectivity index is 2.70. The highest BCUT2D eigenvalue weighted by Crippen LogP contribution is 2.14. The third-order valence-corrected chi connectivity index (χ3v) is 2.30. The van der Waals surface area contributed by atoms with Crippen LogP contribution < -0.4 is 10.6 Å². The van der Waals surface area contributed by atoms with Crippen LogP contribution in [0.2, 0.25) is 0 Å². The van der Waals surface area contributed by atoms with Crippen LogP contribution in [0.4, 0.5) is 5.69 Å². The van der Waals surface area contributed by atoms with E-state index in [4.69, 9.17) is 5.11 Å². The van der Waals surface area contributed by atoms with E-state index in [1.807, 2.05) is 18.2 Å². The summed E-state index contributed by atoms with van der Waals surface area (Å²) in [6.45, 7) is 4.81. The number of carbonyl (C=O) groups is 1. The van der Waals surface area contributed by atoms with Gasteiger partial charge in [0.05, 0.1) is 11.7 Å². The Labute approximate surface area is 102 Å². The lowest BCUT2D eigenvalue weighted by Gasteiger charge is -2.12. The molecule has 0 fully saturated rings. The van der Waals surface area contributed by atoms with Crippen molar-refractivity contribution in [2.24, 2.45) is 0 Å². The smallest absolute Gasteiger partial charge is 0.253 e. The summed E-state index contributed by atoms with van der Waals surface area (Å²) in [5.41, 5.74) is 1.44. The largest absolute Gasteiger partial charge is 0.392 e. The molecule has 0 unspecified atom stereocenters. The number of anilines is 1. The van der Waals surface area contributed by atoms with Crippen molar-refractivity contribution in [3.63, 3.8) is 0 Å². The molecule has 0 heterocycles. The van der Waals surface area contributed by atoms with Gasteiger partial charge in [-0.2, -0.15) is 0 Å². The van der Waals surface area contributed by atoms with Crippen molar-refractivity contribution >= 4 is 11.6 Å². The van der Waals surface area contributed by atoms with Crippen LogP contribution in [0, 0.1) is 0 Å². The normalized spacial score (nSPS) is 11.9. The van der Waals surface area contributed by atoms with Crippen LogP contribution in [-0.2, 0) is 0 Å². The molecular formula is C13H20N2O2. The SMILES string of the molecule is CCCNc1ccccc1C(=O)NC[C@@H](C)O. The summed E-state index contributed by atoms with van der Waals surface area (Å²) in [6.07, 6.45) is 0.471. The van der Waals surface area contributed by atoms with Crippen LogP contribution in [0.25, 0.3) is 0 Å². The van der Waals surface area contributed by atoms with Crippen molar-refractivity contribution in [3.05, 3.63) is 29.8 Å². The van der Waals surface area contributed by atoms with Gasteiger partial charge < -0.3 is 15.7 Å². The number of rotatable bonds is 6. The van der Waals surface area contributed by atoms with Gasteiger partial charge in [-0.3, -0.25) is 4.79 Å². The van der Waals surface area contributed by atoms with Gasteiger partial charge in [0.25, 0.3) is 5.91 Å². The van der Waals surface area contributed by atoms with Crippen molar-refractivity contribution < 1.29 is 9.90 Å². The molecule has 0 aliphatic rings. The zero-order valence-corrected chi connectivity index (χ0v) is 10.4. The monoisotopic (exact) mass is 236 g/mol.